The first kappa shape index (κ1) is 23.2. The monoisotopic (exact) mass is 510 g/mol. The van der Waals surface area contributed by atoms with Crippen molar-refractivity contribution >= 4 is 39.2 Å². The van der Waals surface area contributed by atoms with Crippen molar-refractivity contribution in [3.8, 4) is 11.5 Å². The van der Waals surface area contributed by atoms with Crippen LogP contribution in [0.5, 0.6) is 11.5 Å². The number of nitrogens with one attached hydrogen (secondary N) is 4. The van der Waals surface area contributed by atoms with Gasteiger partial charge < -0.3 is 25.7 Å². The maximum absolute atomic E-state index is 13.0. The number of amides is 3. The predicted molar refractivity (Wildman–Crippen MR) is 117 cm³/mol. The van der Waals surface area contributed by atoms with Gasteiger partial charge in [0.25, 0.3) is 5.91 Å². The minimum Gasteiger partial charge on any atom is -0.455 e. The lowest BCUT2D eigenvalue weighted by Crippen LogP contribution is -2.19. The van der Waals surface area contributed by atoms with Gasteiger partial charge >= 0.3 is 12.2 Å². The number of aryl methyl sites for hydroxylation is 1. The Hall–Kier alpha value is -3.47. The number of anilines is 2. The Labute approximate surface area is 189 Å². The highest BCUT2D eigenvalue weighted by atomic mass is 79.9. The lowest BCUT2D eigenvalue weighted by molar-refractivity contribution is -0.138. The van der Waals surface area contributed by atoms with E-state index in [4.69, 9.17) is 4.74 Å². The minimum atomic E-state index is -4.55. The number of hydrogen-bond acceptors (Lipinski definition) is 3. The summed E-state index contributed by atoms with van der Waals surface area (Å²) in [5.41, 5.74) is 0.526. The summed E-state index contributed by atoms with van der Waals surface area (Å²) in [4.78, 5) is 26.8. The zero-order valence-corrected chi connectivity index (χ0v) is 18.4. The summed E-state index contributed by atoms with van der Waals surface area (Å²) in [6.45, 7) is 1.76. The summed E-state index contributed by atoms with van der Waals surface area (Å²) in [6, 6.07) is 10.6. The van der Waals surface area contributed by atoms with Crippen molar-refractivity contribution in [2.75, 3.05) is 17.7 Å². The van der Waals surface area contributed by atoms with E-state index in [9.17, 15) is 22.8 Å². The molecular weight excluding hydrogens is 493 g/mol. The number of hydrogen-bond donors (Lipinski definition) is 4. The third kappa shape index (κ3) is 5.61. The summed E-state index contributed by atoms with van der Waals surface area (Å²) in [6.07, 6.45) is -4.55. The van der Waals surface area contributed by atoms with E-state index in [1.807, 2.05) is 0 Å². The number of aromatic nitrogens is 1. The lowest BCUT2D eigenvalue weighted by Gasteiger charge is -2.13. The van der Waals surface area contributed by atoms with Crippen molar-refractivity contribution in [2.45, 2.75) is 13.1 Å². The number of ether oxygens (including phenoxy) is 1. The van der Waals surface area contributed by atoms with Crippen LogP contribution in [0, 0.1) is 6.92 Å². The van der Waals surface area contributed by atoms with Crippen LogP contribution in [0.15, 0.2) is 53.0 Å². The van der Waals surface area contributed by atoms with Crippen molar-refractivity contribution in [2.24, 2.45) is 0 Å². The summed E-state index contributed by atoms with van der Waals surface area (Å²) in [5, 5.41) is 7.41. The van der Waals surface area contributed by atoms with Gasteiger partial charge in [-0.05, 0) is 49.4 Å². The van der Waals surface area contributed by atoms with Gasteiger partial charge in [0.15, 0.2) is 0 Å². The van der Waals surface area contributed by atoms with Gasteiger partial charge in [-0.25, -0.2) is 4.79 Å². The number of H-pyrrole nitrogens is 1. The number of carbonyl (C=O) groups is 2. The Morgan fingerprint density at radius 1 is 1.00 bits per heavy atom. The largest absolute Gasteiger partial charge is 0.455 e. The van der Waals surface area contributed by atoms with Crippen LogP contribution in [0.1, 0.15) is 21.7 Å². The third-order valence-corrected chi connectivity index (χ3v) is 5.00. The van der Waals surface area contributed by atoms with Crippen LogP contribution in [0.3, 0.4) is 0 Å². The molecule has 3 rings (SSSR count). The van der Waals surface area contributed by atoms with Crippen molar-refractivity contribution in [3.05, 3.63) is 70.0 Å². The second kappa shape index (κ2) is 9.35. The number of benzene rings is 2. The van der Waals surface area contributed by atoms with E-state index < -0.39 is 17.8 Å². The Morgan fingerprint density at radius 2 is 1.62 bits per heavy atom. The van der Waals surface area contributed by atoms with Gasteiger partial charge in [0.1, 0.15) is 17.2 Å². The molecule has 11 heteroatoms. The maximum Gasteiger partial charge on any atom is 0.417 e. The quantitative estimate of drug-likeness (QED) is 0.344. The smallest absolute Gasteiger partial charge is 0.417 e. The fourth-order valence-electron chi connectivity index (χ4n) is 2.75. The maximum atomic E-state index is 13.0. The van der Waals surface area contributed by atoms with Crippen LogP contribution < -0.4 is 20.7 Å². The first-order valence-electron chi connectivity index (χ1n) is 9.21. The number of carbonyl (C=O) groups excluding carboxylic acids is 2. The van der Waals surface area contributed by atoms with E-state index in [2.05, 4.69) is 36.9 Å². The fourth-order valence-corrected chi connectivity index (χ4v) is 3.22. The third-order valence-electron chi connectivity index (χ3n) is 4.31. The molecule has 32 heavy (non-hydrogen) atoms. The molecule has 0 saturated carbocycles. The number of rotatable bonds is 5. The van der Waals surface area contributed by atoms with Crippen LogP contribution in [-0.4, -0.2) is 24.0 Å². The van der Waals surface area contributed by atoms with Gasteiger partial charge in [-0.3, -0.25) is 4.79 Å². The number of aromatic amines is 1. The van der Waals surface area contributed by atoms with E-state index in [-0.39, 0.29) is 16.1 Å². The van der Waals surface area contributed by atoms with E-state index in [1.54, 1.807) is 37.3 Å². The molecular formula is C21H18BrF3N4O3. The molecule has 0 atom stereocenters. The number of alkyl halides is 3. The van der Waals surface area contributed by atoms with Gasteiger partial charge in [-0.1, -0.05) is 15.9 Å². The van der Waals surface area contributed by atoms with E-state index >= 15 is 0 Å². The summed E-state index contributed by atoms with van der Waals surface area (Å²) in [5.74, 6) is 0.656. The van der Waals surface area contributed by atoms with E-state index in [0.717, 1.165) is 6.07 Å². The van der Waals surface area contributed by atoms with Crippen molar-refractivity contribution < 1.29 is 27.5 Å². The fraction of sp³-hybridized carbons (Fsp3) is 0.143. The molecule has 0 aliphatic heterocycles. The molecule has 0 spiro atoms. The predicted octanol–water partition coefficient (Wildman–Crippen LogP) is 5.90. The van der Waals surface area contributed by atoms with E-state index in [1.165, 1.54) is 19.2 Å². The SMILES string of the molecule is CNC(=O)c1cc(Oc2ccc(NC(=O)Nc3ccc(Br)c(C(F)(F)F)c3)cc2)c(C)[nH]1. The van der Waals surface area contributed by atoms with Gasteiger partial charge in [-0.2, -0.15) is 13.2 Å². The molecule has 3 aromatic rings. The van der Waals surface area contributed by atoms with Crippen molar-refractivity contribution in [1.29, 1.82) is 0 Å². The van der Waals surface area contributed by atoms with Crippen LogP contribution >= 0.6 is 15.9 Å². The standard InChI is InChI=1S/C21H18BrF3N4O3/c1-11-18(10-17(27-11)19(30)26-2)32-14-6-3-12(4-7-14)28-20(31)29-13-5-8-16(22)15(9-13)21(23,24)25/h3-10,27H,1-2H3,(H,26,30)(H2,28,29,31). The van der Waals surface area contributed by atoms with E-state index in [0.29, 0.717) is 28.6 Å². The highest BCUT2D eigenvalue weighted by molar-refractivity contribution is 9.10. The Bertz CT molecular complexity index is 1140. The molecule has 0 radical (unpaired) electrons. The molecule has 3 amide bonds. The molecule has 4 N–H and O–H groups in total. The van der Waals surface area contributed by atoms with Crippen LogP contribution in [0.4, 0.5) is 29.3 Å². The van der Waals surface area contributed by atoms with Gasteiger partial charge in [0, 0.05) is 29.0 Å². The molecule has 0 aliphatic carbocycles. The highest BCUT2D eigenvalue weighted by Crippen LogP contribution is 2.36. The second-order valence-electron chi connectivity index (χ2n) is 6.65. The van der Waals surface area contributed by atoms with Crippen LogP contribution in [0.25, 0.3) is 0 Å². The summed E-state index contributed by atoms with van der Waals surface area (Å²) < 4.78 is 44.6. The Kier molecular flexibility index (Phi) is 6.78. The van der Waals surface area contributed by atoms with Gasteiger partial charge in [-0.15, -0.1) is 0 Å². The molecule has 0 unspecified atom stereocenters. The Balaban J connectivity index is 1.63. The molecule has 0 fully saturated rings. The zero-order valence-electron chi connectivity index (χ0n) is 16.9. The average Bonchev–Trinajstić information content (AvgIpc) is 3.09. The highest BCUT2D eigenvalue weighted by Gasteiger charge is 2.33. The molecule has 0 aliphatic rings. The van der Waals surface area contributed by atoms with Crippen molar-refractivity contribution in [3.63, 3.8) is 0 Å². The molecule has 168 valence electrons. The second-order valence-corrected chi connectivity index (χ2v) is 7.50. The van der Waals surface area contributed by atoms with Crippen molar-refractivity contribution in [1.82, 2.24) is 10.3 Å². The first-order valence-corrected chi connectivity index (χ1v) is 10.0. The number of urea groups is 1. The van der Waals surface area contributed by atoms with Crippen LogP contribution in [0.2, 0.25) is 0 Å². The molecule has 1 heterocycles. The molecule has 0 bridgehead atoms. The zero-order chi connectivity index (χ0) is 23.5. The molecule has 0 saturated heterocycles. The van der Waals surface area contributed by atoms with Crippen LogP contribution in [-0.2, 0) is 6.18 Å². The summed E-state index contributed by atoms with van der Waals surface area (Å²) >= 11 is 2.85. The molecule has 7 nitrogen and oxygen atoms in total. The number of halogens is 4. The lowest BCUT2D eigenvalue weighted by atomic mass is 10.2. The Morgan fingerprint density at radius 3 is 2.25 bits per heavy atom. The van der Waals surface area contributed by atoms with Gasteiger partial charge in [0.2, 0.25) is 0 Å². The average molecular weight is 511 g/mol. The minimum absolute atomic E-state index is 0.00664. The normalized spacial score (nSPS) is 11.1. The van der Waals surface area contributed by atoms with Gasteiger partial charge in [0.05, 0.1) is 11.3 Å². The molecule has 2 aromatic carbocycles. The first-order chi connectivity index (χ1) is 15.1. The summed E-state index contributed by atoms with van der Waals surface area (Å²) in [7, 11) is 1.52. The topological polar surface area (TPSA) is 95.2 Å². The molecule has 1 aromatic heterocycles.